The first-order valence-electron chi connectivity index (χ1n) is 10.6. The third kappa shape index (κ3) is 3.61. The number of carbonyl (C=O) groups excluding carboxylic acids is 1. The quantitative estimate of drug-likeness (QED) is 0.415. The molecular formula is C24H20ClN3O5S. The number of ether oxygens (including phenoxy) is 1. The average Bonchev–Trinajstić information content (AvgIpc) is 3.36. The molecule has 10 heteroatoms. The van der Waals surface area contributed by atoms with Crippen LogP contribution in [0.25, 0.3) is 11.0 Å². The zero-order valence-corrected chi connectivity index (χ0v) is 20.1. The number of anilines is 1. The van der Waals surface area contributed by atoms with Crippen LogP contribution in [0.4, 0.5) is 5.13 Å². The number of rotatable bonds is 5. The van der Waals surface area contributed by atoms with Crippen LogP contribution in [0.5, 0.6) is 11.5 Å². The molecule has 0 saturated heterocycles. The topological polar surface area (TPSA) is 106 Å². The van der Waals surface area contributed by atoms with Gasteiger partial charge in [0, 0.05) is 11.4 Å². The Morgan fingerprint density at radius 1 is 1.21 bits per heavy atom. The van der Waals surface area contributed by atoms with E-state index in [1.54, 1.807) is 24.3 Å². The van der Waals surface area contributed by atoms with E-state index in [-0.39, 0.29) is 39.2 Å². The smallest absolute Gasteiger partial charge is 0.297 e. The Hall–Kier alpha value is -3.43. The van der Waals surface area contributed by atoms with Crippen molar-refractivity contribution in [2.24, 2.45) is 5.92 Å². The number of phenolic OH excluding ortho intramolecular Hbond substituents is 1. The number of hydrogen-bond donors (Lipinski definition) is 1. The minimum absolute atomic E-state index is 0.0579. The highest BCUT2D eigenvalue weighted by Crippen LogP contribution is 2.44. The van der Waals surface area contributed by atoms with Crippen molar-refractivity contribution < 1.29 is 19.1 Å². The fourth-order valence-electron chi connectivity index (χ4n) is 4.10. The molecule has 5 rings (SSSR count). The lowest BCUT2D eigenvalue weighted by Gasteiger charge is -2.22. The fourth-order valence-corrected chi connectivity index (χ4v) is 5.35. The van der Waals surface area contributed by atoms with Gasteiger partial charge in [0.05, 0.1) is 24.1 Å². The highest BCUT2D eigenvalue weighted by atomic mass is 35.5. The third-order valence-corrected chi connectivity index (χ3v) is 6.78. The van der Waals surface area contributed by atoms with Crippen LogP contribution in [0.1, 0.15) is 46.6 Å². The molecule has 0 saturated carbocycles. The number of carbonyl (C=O) groups is 1. The van der Waals surface area contributed by atoms with Gasteiger partial charge in [-0.1, -0.05) is 42.9 Å². The number of phenols is 1. The molecule has 0 spiro atoms. The van der Waals surface area contributed by atoms with E-state index in [2.05, 4.69) is 24.0 Å². The second kappa shape index (κ2) is 8.41. The molecule has 1 aliphatic rings. The minimum Gasteiger partial charge on any atom is -0.504 e. The van der Waals surface area contributed by atoms with Gasteiger partial charge in [0.25, 0.3) is 5.91 Å². The number of hydrogen-bond acceptors (Lipinski definition) is 8. The lowest BCUT2D eigenvalue weighted by molar-refractivity contribution is 0.0970. The Morgan fingerprint density at radius 3 is 2.74 bits per heavy atom. The number of fused-ring (bicyclic) bond motifs is 2. The molecule has 3 heterocycles. The summed E-state index contributed by atoms with van der Waals surface area (Å²) < 4.78 is 11.2. The zero-order chi connectivity index (χ0) is 24.1. The summed E-state index contributed by atoms with van der Waals surface area (Å²) in [6.45, 7) is 4.14. The SMILES string of the molecule is COc1cc([C@H]2c3c(oc4ccc(Cl)cc4c3=O)C(=O)N2c2nnc(CC(C)C)s2)ccc1O. The number of halogens is 1. The van der Waals surface area contributed by atoms with Gasteiger partial charge in [-0.05, 0) is 41.8 Å². The van der Waals surface area contributed by atoms with Crippen molar-refractivity contribution in [1.29, 1.82) is 0 Å². The first-order chi connectivity index (χ1) is 16.3. The maximum Gasteiger partial charge on any atom is 0.297 e. The van der Waals surface area contributed by atoms with Crippen molar-refractivity contribution in [2.45, 2.75) is 26.3 Å². The van der Waals surface area contributed by atoms with Crippen molar-refractivity contribution in [2.75, 3.05) is 12.0 Å². The molecular weight excluding hydrogens is 478 g/mol. The van der Waals surface area contributed by atoms with E-state index >= 15 is 0 Å². The largest absolute Gasteiger partial charge is 0.504 e. The number of amides is 1. The maximum atomic E-state index is 13.6. The van der Waals surface area contributed by atoms with Gasteiger partial charge in [-0.25, -0.2) is 0 Å². The van der Waals surface area contributed by atoms with E-state index in [0.29, 0.717) is 28.1 Å². The minimum atomic E-state index is -0.850. The molecule has 2 aromatic heterocycles. The number of nitrogens with zero attached hydrogens (tertiary/aromatic N) is 3. The molecule has 0 fully saturated rings. The summed E-state index contributed by atoms with van der Waals surface area (Å²) in [6, 6.07) is 8.52. The van der Waals surface area contributed by atoms with Gasteiger partial charge in [0.15, 0.2) is 16.9 Å². The molecule has 1 amide bonds. The Balaban J connectivity index is 1.76. The second-order valence-electron chi connectivity index (χ2n) is 8.40. The fraction of sp³-hybridized carbons (Fsp3) is 0.250. The lowest BCUT2D eigenvalue weighted by Crippen LogP contribution is -2.29. The number of aromatic nitrogens is 2. The summed E-state index contributed by atoms with van der Waals surface area (Å²) in [5.74, 6) is -0.0346. The molecule has 174 valence electrons. The van der Waals surface area contributed by atoms with Crippen LogP contribution in [0, 0.1) is 5.92 Å². The predicted octanol–water partition coefficient (Wildman–Crippen LogP) is 4.96. The number of methoxy groups -OCH3 is 1. The summed E-state index contributed by atoms with van der Waals surface area (Å²) in [5, 5.41) is 20.4. The van der Waals surface area contributed by atoms with Crippen LogP contribution in [0.3, 0.4) is 0 Å². The van der Waals surface area contributed by atoms with Crippen LogP contribution in [0.2, 0.25) is 5.02 Å². The summed E-state index contributed by atoms with van der Waals surface area (Å²) >= 11 is 7.42. The first-order valence-corrected chi connectivity index (χ1v) is 11.8. The van der Waals surface area contributed by atoms with Gasteiger partial charge < -0.3 is 14.3 Å². The van der Waals surface area contributed by atoms with Gasteiger partial charge in [-0.3, -0.25) is 14.5 Å². The molecule has 0 aliphatic carbocycles. The van der Waals surface area contributed by atoms with E-state index < -0.39 is 11.9 Å². The molecule has 8 nitrogen and oxygen atoms in total. The van der Waals surface area contributed by atoms with Crippen LogP contribution in [-0.4, -0.2) is 28.3 Å². The summed E-state index contributed by atoms with van der Waals surface area (Å²) in [4.78, 5) is 28.7. The van der Waals surface area contributed by atoms with Crippen molar-refractivity contribution >= 4 is 44.9 Å². The van der Waals surface area contributed by atoms with Crippen LogP contribution in [0.15, 0.2) is 45.6 Å². The van der Waals surface area contributed by atoms with E-state index in [9.17, 15) is 14.7 Å². The monoisotopic (exact) mass is 497 g/mol. The van der Waals surface area contributed by atoms with E-state index in [4.69, 9.17) is 20.8 Å². The first kappa shape index (κ1) is 22.4. The summed E-state index contributed by atoms with van der Waals surface area (Å²) in [6.07, 6.45) is 0.712. The van der Waals surface area contributed by atoms with E-state index in [1.807, 2.05) is 0 Å². The van der Waals surface area contributed by atoms with Crippen molar-refractivity contribution in [3.8, 4) is 11.5 Å². The highest BCUT2D eigenvalue weighted by Gasteiger charge is 2.45. The summed E-state index contributed by atoms with van der Waals surface area (Å²) in [7, 11) is 1.43. The third-order valence-electron chi connectivity index (χ3n) is 5.60. The van der Waals surface area contributed by atoms with Crippen LogP contribution >= 0.6 is 22.9 Å². The molecule has 4 aromatic rings. The van der Waals surface area contributed by atoms with E-state index in [0.717, 1.165) is 5.01 Å². The van der Waals surface area contributed by atoms with Gasteiger partial charge in [-0.15, -0.1) is 10.2 Å². The molecule has 2 aromatic carbocycles. The van der Waals surface area contributed by atoms with Crippen molar-refractivity contribution in [3.05, 3.63) is 73.5 Å². The predicted molar refractivity (Wildman–Crippen MR) is 129 cm³/mol. The Kier molecular flexibility index (Phi) is 5.53. The molecule has 1 N–H and O–H groups in total. The zero-order valence-electron chi connectivity index (χ0n) is 18.5. The maximum absolute atomic E-state index is 13.6. The molecule has 34 heavy (non-hydrogen) atoms. The van der Waals surface area contributed by atoms with Gasteiger partial charge >= 0.3 is 0 Å². The normalized spacial score (nSPS) is 15.4. The van der Waals surface area contributed by atoms with E-state index in [1.165, 1.54) is 35.5 Å². The Bertz CT molecular complexity index is 1500. The second-order valence-corrected chi connectivity index (χ2v) is 9.88. The molecule has 0 unspecified atom stereocenters. The Morgan fingerprint density at radius 2 is 2.00 bits per heavy atom. The summed E-state index contributed by atoms with van der Waals surface area (Å²) in [5.41, 5.74) is 0.630. The van der Waals surface area contributed by atoms with Crippen molar-refractivity contribution in [1.82, 2.24) is 10.2 Å². The van der Waals surface area contributed by atoms with Gasteiger partial charge in [0.2, 0.25) is 10.9 Å². The molecule has 1 aliphatic heterocycles. The standard InChI is InChI=1S/C24H20ClN3O5S/c1-11(2)8-18-26-27-24(34-18)28-20(12-4-6-15(29)17(9-12)32-3)19-21(30)14-10-13(25)5-7-16(14)33-22(19)23(28)31/h4-7,9-11,20,29H,8H2,1-3H3/t20-/m0/s1. The van der Waals surface area contributed by atoms with Crippen LogP contribution in [-0.2, 0) is 6.42 Å². The van der Waals surface area contributed by atoms with Crippen LogP contribution < -0.4 is 15.1 Å². The van der Waals surface area contributed by atoms with Gasteiger partial charge in [0.1, 0.15) is 10.6 Å². The lowest BCUT2D eigenvalue weighted by atomic mass is 9.98. The number of benzene rings is 2. The molecule has 0 radical (unpaired) electrons. The van der Waals surface area contributed by atoms with Gasteiger partial charge in [-0.2, -0.15) is 0 Å². The highest BCUT2D eigenvalue weighted by molar-refractivity contribution is 7.15. The molecule has 0 bridgehead atoms. The number of aromatic hydroxyl groups is 1. The Labute approximate surface area is 203 Å². The molecule has 1 atom stereocenters. The van der Waals surface area contributed by atoms with Crippen molar-refractivity contribution in [3.63, 3.8) is 0 Å². The average molecular weight is 498 g/mol.